The van der Waals surface area contributed by atoms with Crippen LogP contribution in [0, 0.1) is 0 Å². The number of rotatable bonds is 4. The lowest BCUT2D eigenvalue weighted by Gasteiger charge is -2.08. The lowest BCUT2D eigenvalue weighted by Crippen LogP contribution is -2.26. The summed E-state index contributed by atoms with van der Waals surface area (Å²) in [6.45, 7) is 3.95. The number of nitrogens with one attached hydrogen (secondary N) is 1. The molecule has 0 radical (unpaired) electrons. The average molecular weight is 210 g/mol. The van der Waals surface area contributed by atoms with Gasteiger partial charge in [-0.25, -0.2) is 0 Å². The van der Waals surface area contributed by atoms with Crippen LogP contribution in [0.3, 0.4) is 0 Å². The third-order valence-electron chi connectivity index (χ3n) is 1.74. The molecular weight excluding hydrogens is 198 g/mol. The van der Waals surface area contributed by atoms with Gasteiger partial charge in [0.25, 0.3) is 0 Å². The molecule has 0 saturated carbocycles. The molecular formula is C11H12ClNO. The molecule has 0 fully saturated rings. The fourth-order valence-corrected chi connectivity index (χ4v) is 1.26. The highest BCUT2D eigenvalue weighted by molar-refractivity contribution is 6.30. The Bertz CT molecular complexity index is 310. The molecule has 0 spiro atoms. The highest BCUT2D eigenvalue weighted by Gasteiger charge is 2.15. The fourth-order valence-electron chi connectivity index (χ4n) is 1.04. The Kier molecular flexibility index (Phi) is 4.20. The summed E-state index contributed by atoms with van der Waals surface area (Å²) in [6.07, 6.45) is 1.62. The summed E-state index contributed by atoms with van der Waals surface area (Å²) in [5.41, 5.74) is 0.802. The molecule has 3 heteroatoms. The first-order valence-corrected chi connectivity index (χ1v) is 4.77. The summed E-state index contributed by atoms with van der Waals surface area (Å²) >= 11 is 5.95. The zero-order chi connectivity index (χ0) is 10.4. The van der Waals surface area contributed by atoms with Crippen molar-refractivity contribution in [2.24, 2.45) is 0 Å². The summed E-state index contributed by atoms with van der Waals surface area (Å²) < 4.78 is 0. The van der Waals surface area contributed by atoms with Gasteiger partial charge < -0.3 is 5.32 Å². The van der Waals surface area contributed by atoms with Gasteiger partial charge in [-0.15, -0.1) is 18.2 Å². The van der Waals surface area contributed by atoms with Gasteiger partial charge in [0, 0.05) is 6.54 Å². The van der Waals surface area contributed by atoms with E-state index in [2.05, 4.69) is 11.9 Å². The Morgan fingerprint density at radius 1 is 1.50 bits per heavy atom. The molecule has 1 amide bonds. The van der Waals surface area contributed by atoms with E-state index in [1.165, 1.54) is 0 Å². The highest BCUT2D eigenvalue weighted by Crippen LogP contribution is 2.19. The predicted octanol–water partition coefficient (Wildman–Crippen LogP) is 2.27. The van der Waals surface area contributed by atoms with Gasteiger partial charge in [-0.05, 0) is 5.56 Å². The van der Waals surface area contributed by atoms with Crippen LogP contribution < -0.4 is 5.32 Å². The van der Waals surface area contributed by atoms with E-state index in [1.54, 1.807) is 6.08 Å². The second-order valence-electron chi connectivity index (χ2n) is 2.81. The van der Waals surface area contributed by atoms with E-state index in [1.807, 2.05) is 30.3 Å². The summed E-state index contributed by atoms with van der Waals surface area (Å²) in [5.74, 6) is -0.197. The van der Waals surface area contributed by atoms with Crippen molar-refractivity contribution in [3.8, 4) is 0 Å². The van der Waals surface area contributed by atoms with Gasteiger partial charge in [-0.1, -0.05) is 36.4 Å². The minimum Gasteiger partial charge on any atom is -0.351 e. The molecule has 0 heterocycles. The van der Waals surface area contributed by atoms with E-state index in [-0.39, 0.29) is 5.91 Å². The Labute approximate surface area is 88.6 Å². The van der Waals surface area contributed by atoms with Crippen molar-refractivity contribution in [3.63, 3.8) is 0 Å². The Morgan fingerprint density at radius 3 is 2.71 bits per heavy atom. The lowest BCUT2D eigenvalue weighted by atomic mass is 10.1. The van der Waals surface area contributed by atoms with Crippen molar-refractivity contribution in [2.45, 2.75) is 5.38 Å². The van der Waals surface area contributed by atoms with Crippen molar-refractivity contribution in [2.75, 3.05) is 6.54 Å². The molecule has 0 aliphatic rings. The van der Waals surface area contributed by atoms with Crippen LogP contribution in [-0.2, 0) is 4.79 Å². The van der Waals surface area contributed by atoms with Gasteiger partial charge in [-0.2, -0.15) is 0 Å². The second-order valence-corrected chi connectivity index (χ2v) is 3.24. The van der Waals surface area contributed by atoms with Crippen LogP contribution in [-0.4, -0.2) is 12.5 Å². The first kappa shape index (κ1) is 10.8. The van der Waals surface area contributed by atoms with Crippen LogP contribution >= 0.6 is 11.6 Å². The predicted molar refractivity (Wildman–Crippen MR) is 58.2 cm³/mol. The van der Waals surface area contributed by atoms with Gasteiger partial charge in [0.1, 0.15) is 5.38 Å². The van der Waals surface area contributed by atoms with Crippen molar-refractivity contribution in [1.29, 1.82) is 0 Å². The molecule has 2 nitrogen and oxygen atoms in total. The minimum absolute atomic E-state index is 0.197. The molecule has 1 aromatic rings. The van der Waals surface area contributed by atoms with Gasteiger partial charge in [-0.3, -0.25) is 4.79 Å². The lowest BCUT2D eigenvalue weighted by molar-refractivity contribution is -0.120. The molecule has 0 aliphatic heterocycles. The van der Waals surface area contributed by atoms with Crippen LogP contribution in [0.2, 0.25) is 0 Å². The van der Waals surface area contributed by atoms with Crippen LogP contribution in [0.4, 0.5) is 0 Å². The van der Waals surface area contributed by atoms with Crippen molar-refractivity contribution in [3.05, 3.63) is 48.6 Å². The molecule has 0 aliphatic carbocycles. The summed E-state index contributed by atoms with van der Waals surface area (Å²) in [5, 5.41) is 2.01. The van der Waals surface area contributed by atoms with Gasteiger partial charge >= 0.3 is 0 Å². The van der Waals surface area contributed by atoms with E-state index in [0.717, 1.165) is 5.56 Å². The van der Waals surface area contributed by atoms with E-state index in [0.29, 0.717) is 6.54 Å². The molecule has 0 bridgehead atoms. The van der Waals surface area contributed by atoms with E-state index in [9.17, 15) is 4.79 Å². The van der Waals surface area contributed by atoms with Gasteiger partial charge in [0.05, 0.1) is 0 Å². The smallest absolute Gasteiger partial charge is 0.242 e. The monoisotopic (exact) mass is 209 g/mol. The van der Waals surface area contributed by atoms with Crippen LogP contribution in [0.1, 0.15) is 10.9 Å². The largest absolute Gasteiger partial charge is 0.351 e. The number of amides is 1. The van der Waals surface area contributed by atoms with Crippen molar-refractivity contribution >= 4 is 17.5 Å². The third kappa shape index (κ3) is 2.89. The SMILES string of the molecule is C=CCNC(=O)C(Cl)c1ccccc1. The molecule has 1 unspecified atom stereocenters. The van der Waals surface area contributed by atoms with Crippen LogP contribution in [0.5, 0.6) is 0 Å². The van der Waals surface area contributed by atoms with Crippen LogP contribution in [0.15, 0.2) is 43.0 Å². The Morgan fingerprint density at radius 2 is 2.14 bits per heavy atom. The summed E-state index contributed by atoms with van der Waals surface area (Å²) in [4.78, 5) is 11.4. The molecule has 0 aromatic heterocycles. The zero-order valence-electron chi connectivity index (χ0n) is 7.74. The highest BCUT2D eigenvalue weighted by atomic mass is 35.5. The fraction of sp³-hybridized carbons (Fsp3) is 0.182. The maximum atomic E-state index is 11.4. The maximum absolute atomic E-state index is 11.4. The maximum Gasteiger partial charge on any atom is 0.242 e. The number of halogens is 1. The minimum atomic E-state index is -0.629. The molecule has 0 saturated heterocycles. The zero-order valence-corrected chi connectivity index (χ0v) is 8.50. The van der Waals surface area contributed by atoms with Gasteiger partial charge in [0.15, 0.2) is 0 Å². The molecule has 1 rings (SSSR count). The van der Waals surface area contributed by atoms with Crippen LogP contribution in [0.25, 0.3) is 0 Å². The van der Waals surface area contributed by atoms with Crippen molar-refractivity contribution < 1.29 is 4.79 Å². The molecule has 1 atom stereocenters. The number of benzene rings is 1. The number of hydrogen-bond acceptors (Lipinski definition) is 1. The number of hydrogen-bond donors (Lipinski definition) is 1. The second kappa shape index (κ2) is 5.45. The quantitative estimate of drug-likeness (QED) is 0.598. The Balaban J connectivity index is 2.61. The Hall–Kier alpha value is -1.28. The summed E-state index contributed by atoms with van der Waals surface area (Å²) in [6, 6.07) is 9.24. The van der Waals surface area contributed by atoms with Gasteiger partial charge in [0.2, 0.25) is 5.91 Å². The van der Waals surface area contributed by atoms with E-state index >= 15 is 0 Å². The van der Waals surface area contributed by atoms with E-state index in [4.69, 9.17) is 11.6 Å². The first-order chi connectivity index (χ1) is 6.75. The normalized spacial score (nSPS) is 11.8. The topological polar surface area (TPSA) is 29.1 Å². The molecule has 1 N–H and O–H groups in total. The molecule has 74 valence electrons. The number of alkyl halides is 1. The molecule has 14 heavy (non-hydrogen) atoms. The van der Waals surface area contributed by atoms with Crippen molar-refractivity contribution in [1.82, 2.24) is 5.32 Å². The number of carbonyl (C=O) groups is 1. The standard InChI is InChI=1S/C11H12ClNO/c1-2-8-13-11(14)10(12)9-6-4-3-5-7-9/h2-7,10H,1,8H2,(H,13,14). The first-order valence-electron chi connectivity index (χ1n) is 4.33. The summed E-state index contributed by atoms with van der Waals surface area (Å²) in [7, 11) is 0. The third-order valence-corrected chi connectivity index (χ3v) is 2.19. The van der Waals surface area contributed by atoms with E-state index < -0.39 is 5.38 Å². The molecule has 1 aromatic carbocycles. The average Bonchev–Trinajstić information content (AvgIpc) is 2.26. The number of carbonyl (C=O) groups excluding carboxylic acids is 1.